The maximum atomic E-state index is 13.2. The first-order valence-electron chi connectivity index (χ1n) is 13.0. The van der Waals surface area contributed by atoms with E-state index in [9.17, 15) is 19.2 Å². The van der Waals surface area contributed by atoms with Crippen molar-refractivity contribution < 1.29 is 19.1 Å². The molecule has 3 aliphatic rings. The molecule has 1 N–H and O–H groups in total. The Morgan fingerprint density at radius 3 is 2.47 bits per heavy atom. The predicted octanol–water partition coefficient (Wildman–Crippen LogP) is 3.29. The Hall–Kier alpha value is -3.10. The van der Waals surface area contributed by atoms with Crippen LogP contribution in [0.15, 0.2) is 23.0 Å². The first-order valence-corrected chi connectivity index (χ1v) is 13.0. The number of amides is 3. The molecular formula is C27H36N4O5. The molecule has 1 unspecified atom stereocenters. The molecule has 5 rings (SSSR count). The van der Waals surface area contributed by atoms with E-state index < -0.39 is 17.6 Å². The predicted molar refractivity (Wildman–Crippen MR) is 135 cm³/mol. The Balaban J connectivity index is 1.27. The summed E-state index contributed by atoms with van der Waals surface area (Å²) in [7, 11) is 1.76. The maximum Gasteiger partial charge on any atom is 0.410 e. The van der Waals surface area contributed by atoms with Gasteiger partial charge in [0, 0.05) is 26.6 Å². The van der Waals surface area contributed by atoms with Crippen molar-refractivity contribution in [2.45, 2.75) is 77.4 Å². The first kappa shape index (κ1) is 24.6. The lowest BCUT2D eigenvalue weighted by Gasteiger charge is -2.52. The quantitative estimate of drug-likeness (QED) is 0.657. The zero-order chi connectivity index (χ0) is 25.8. The molecule has 2 saturated heterocycles. The van der Waals surface area contributed by atoms with Gasteiger partial charge in [-0.3, -0.25) is 24.0 Å². The summed E-state index contributed by atoms with van der Waals surface area (Å²) in [4.78, 5) is 51.5. The van der Waals surface area contributed by atoms with Crippen molar-refractivity contribution in [3.63, 3.8) is 0 Å². The average Bonchev–Trinajstić information content (AvgIpc) is 3.03. The highest BCUT2D eigenvalue weighted by atomic mass is 16.6. The van der Waals surface area contributed by atoms with Crippen LogP contribution in [0.25, 0.3) is 11.0 Å². The SMILES string of the molecule is Cn1c(=O)n(C2CCC(=O)NC2=O)c2cccc(CC3CC4(CCN(C(=O)OC(C)(C)C)CC4)C3)c21. The Kier molecular flexibility index (Phi) is 6.00. The van der Waals surface area contributed by atoms with E-state index in [0.29, 0.717) is 17.8 Å². The van der Waals surface area contributed by atoms with Crippen molar-refractivity contribution in [1.29, 1.82) is 0 Å². The molecular weight excluding hydrogens is 460 g/mol. The largest absolute Gasteiger partial charge is 0.444 e. The van der Waals surface area contributed by atoms with Crippen LogP contribution in [0.5, 0.6) is 0 Å². The standard InChI is InChI=1S/C27H36N4O5/c1-26(2,3)36-25(35)30-12-10-27(11-13-30)15-17(16-27)14-18-6-5-7-19-22(18)29(4)24(34)31(19)20-8-9-21(32)28-23(20)33/h5-7,17,20H,8-16H2,1-4H3,(H,28,32,33). The summed E-state index contributed by atoms with van der Waals surface area (Å²) >= 11 is 0. The molecule has 1 atom stereocenters. The summed E-state index contributed by atoms with van der Waals surface area (Å²) in [6.07, 6.45) is 5.45. The van der Waals surface area contributed by atoms with E-state index >= 15 is 0 Å². The number of aryl methyl sites for hydroxylation is 1. The molecule has 9 heteroatoms. The molecule has 1 saturated carbocycles. The fraction of sp³-hybridized carbons (Fsp3) is 0.630. The molecule has 9 nitrogen and oxygen atoms in total. The van der Waals surface area contributed by atoms with Gasteiger partial charge < -0.3 is 9.64 Å². The second-order valence-electron chi connectivity index (χ2n) is 11.9. The summed E-state index contributed by atoms with van der Waals surface area (Å²) in [5.74, 6) is -0.177. The summed E-state index contributed by atoms with van der Waals surface area (Å²) in [5, 5.41) is 2.37. The zero-order valence-corrected chi connectivity index (χ0v) is 21.6. The number of carbonyl (C=O) groups is 3. The number of ether oxygens (including phenoxy) is 1. The lowest BCUT2D eigenvalue weighted by Crippen LogP contribution is -2.50. The molecule has 2 aliphatic heterocycles. The van der Waals surface area contributed by atoms with E-state index in [4.69, 9.17) is 4.74 Å². The van der Waals surface area contributed by atoms with Crippen LogP contribution < -0.4 is 11.0 Å². The number of hydrogen-bond acceptors (Lipinski definition) is 5. The van der Waals surface area contributed by atoms with Crippen molar-refractivity contribution in [2.24, 2.45) is 18.4 Å². The Bertz CT molecular complexity index is 1270. The van der Waals surface area contributed by atoms with Crippen LogP contribution in [-0.4, -0.2) is 50.6 Å². The van der Waals surface area contributed by atoms with Crippen LogP contribution >= 0.6 is 0 Å². The van der Waals surface area contributed by atoms with E-state index in [1.54, 1.807) is 16.2 Å². The zero-order valence-electron chi connectivity index (χ0n) is 21.6. The van der Waals surface area contributed by atoms with E-state index in [1.165, 1.54) is 0 Å². The fourth-order valence-corrected chi connectivity index (χ4v) is 6.43. The van der Waals surface area contributed by atoms with E-state index in [-0.39, 0.29) is 24.1 Å². The van der Waals surface area contributed by atoms with Gasteiger partial charge in [0.15, 0.2) is 0 Å². The molecule has 1 spiro atoms. The van der Waals surface area contributed by atoms with Gasteiger partial charge in [0.2, 0.25) is 11.8 Å². The fourth-order valence-electron chi connectivity index (χ4n) is 6.43. The summed E-state index contributed by atoms with van der Waals surface area (Å²) < 4.78 is 8.72. The molecule has 194 valence electrons. The minimum Gasteiger partial charge on any atom is -0.444 e. The van der Waals surface area contributed by atoms with E-state index in [1.807, 2.05) is 37.8 Å². The average molecular weight is 497 g/mol. The number of imide groups is 1. The van der Waals surface area contributed by atoms with Crippen molar-refractivity contribution in [2.75, 3.05) is 13.1 Å². The first-order chi connectivity index (χ1) is 17.0. The second-order valence-corrected chi connectivity index (χ2v) is 11.9. The molecule has 3 fully saturated rings. The number of nitrogens with one attached hydrogen (secondary N) is 1. The van der Waals surface area contributed by atoms with Crippen LogP contribution in [0.3, 0.4) is 0 Å². The van der Waals surface area contributed by atoms with Crippen LogP contribution in [-0.2, 0) is 27.8 Å². The minimum atomic E-state index is -0.670. The minimum absolute atomic E-state index is 0.221. The number of fused-ring (bicyclic) bond motifs is 1. The maximum absolute atomic E-state index is 13.2. The lowest BCUT2D eigenvalue weighted by molar-refractivity contribution is -0.135. The number of piperidine rings is 2. The van der Waals surface area contributed by atoms with Crippen LogP contribution in [0.1, 0.15) is 70.9 Å². The number of imidazole rings is 1. The molecule has 0 bridgehead atoms. The van der Waals surface area contributed by atoms with Gasteiger partial charge >= 0.3 is 11.8 Å². The second kappa shape index (κ2) is 8.78. The van der Waals surface area contributed by atoms with Gasteiger partial charge in [-0.25, -0.2) is 9.59 Å². The molecule has 2 aromatic rings. The smallest absolute Gasteiger partial charge is 0.410 e. The number of nitrogens with zero attached hydrogens (tertiary/aromatic N) is 3. The Labute approximate surface area is 210 Å². The van der Waals surface area contributed by atoms with E-state index in [2.05, 4.69) is 11.4 Å². The highest BCUT2D eigenvalue weighted by Crippen LogP contribution is 2.53. The van der Waals surface area contributed by atoms with Crippen molar-refractivity contribution in [1.82, 2.24) is 19.4 Å². The number of aromatic nitrogens is 2. The lowest BCUT2D eigenvalue weighted by atomic mass is 9.56. The summed E-state index contributed by atoms with van der Waals surface area (Å²) in [6, 6.07) is 5.25. The third-order valence-corrected chi connectivity index (χ3v) is 8.14. The molecule has 1 aromatic carbocycles. The summed E-state index contributed by atoms with van der Waals surface area (Å²) in [5.41, 5.74) is 2.31. The number of para-hydroxylation sites is 1. The molecule has 36 heavy (non-hydrogen) atoms. The van der Waals surface area contributed by atoms with Gasteiger partial charge in [0.1, 0.15) is 11.6 Å². The number of carbonyl (C=O) groups excluding carboxylic acids is 3. The Morgan fingerprint density at radius 2 is 1.83 bits per heavy atom. The normalized spacial score (nSPS) is 22.6. The van der Waals surface area contributed by atoms with Crippen LogP contribution in [0.4, 0.5) is 4.79 Å². The number of likely N-dealkylation sites (tertiary alicyclic amines) is 1. The molecule has 1 aliphatic carbocycles. The van der Waals surface area contributed by atoms with Crippen molar-refractivity contribution >= 4 is 28.9 Å². The highest BCUT2D eigenvalue weighted by Gasteiger charge is 2.46. The number of rotatable bonds is 3. The van der Waals surface area contributed by atoms with Gasteiger partial charge in [-0.05, 0) is 82.3 Å². The number of benzene rings is 1. The topological polar surface area (TPSA) is 103 Å². The van der Waals surface area contributed by atoms with Crippen molar-refractivity contribution in [3.8, 4) is 0 Å². The number of hydrogen-bond donors (Lipinski definition) is 1. The molecule has 3 heterocycles. The molecule has 3 amide bonds. The monoisotopic (exact) mass is 496 g/mol. The van der Waals surface area contributed by atoms with E-state index in [0.717, 1.165) is 61.8 Å². The van der Waals surface area contributed by atoms with Gasteiger partial charge in [-0.15, -0.1) is 0 Å². The molecule has 1 aromatic heterocycles. The van der Waals surface area contributed by atoms with Crippen LogP contribution in [0, 0.1) is 11.3 Å². The van der Waals surface area contributed by atoms with Crippen LogP contribution in [0.2, 0.25) is 0 Å². The van der Waals surface area contributed by atoms with Gasteiger partial charge in [-0.2, -0.15) is 0 Å². The van der Waals surface area contributed by atoms with Gasteiger partial charge in [0.25, 0.3) is 0 Å². The van der Waals surface area contributed by atoms with Crippen molar-refractivity contribution in [3.05, 3.63) is 34.2 Å². The third kappa shape index (κ3) is 4.44. The van der Waals surface area contributed by atoms with Gasteiger partial charge in [-0.1, -0.05) is 12.1 Å². The summed E-state index contributed by atoms with van der Waals surface area (Å²) in [6.45, 7) is 7.15. The van der Waals surface area contributed by atoms with Gasteiger partial charge in [0.05, 0.1) is 11.0 Å². The third-order valence-electron chi connectivity index (χ3n) is 8.14. The molecule has 0 radical (unpaired) electrons. The Morgan fingerprint density at radius 1 is 1.14 bits per heavy atom. The highest BCUT2D eigenvalue weighted by molar-refractivity contribution is 6.00.